The number of hydrogen-bond acceptors (Lipinski definition) is 2. The van der Waals surface area contributed by atoms with E-state index in [9.17, 15) is 4.79 Å². The molecule has 1 aliphatic rings. The van der Waals surface area contributed by atoms with Crippen molar-refractivity contribution in [2.45, 2.75) is 38.6 Å². The van der Waals surface area contributed by atoms with Crippen molar-refractivity contribution in [1.29, 1.82) is 0 Å². The largest absolute Gasteiger partial charge is 0.334 e. The van der Waals surface area contributed by atoms with E-state index in [0.29, 0.717) is 12.5 Å². The van der Waals surface area contributed by atoms with Crippen LogP contribution in [0.2, 0.25) is 0 Å². The Bertz CT molecular complexity index is 411. The predicted molar refractivity (Wildman–Crippen MR) is 75.3 cm³/mol. The van der Waals surface area contributed by atoms with Crippen LogP contribution in [-0.2, 0) is 6.54 Å². The second-order valence-corrected chi connectivity index (χ2v) is 4.95. The van der Waals surface area contributed by atoms with Crippen LogP contribution in [0.4, 0.5) is 4.79 Å². The molecule has 19 heavy (non-hydrogen) atoms. The zero-order valence-corrected chi connectivity index (χ0v) is 11.1. The molecule has 1 aromatic rings. The van der Waals surface area contributed by atoms with Crippen LogP contribution in [-0.4, -0.2) is 11.0 Å². The van der Waals surface area contributed by atoms with Gasteiger partial charge in [-0.25, -0.2) is 4.79 Å². The number of pyridine rings is 1. The van der Waals surface area contributed by atoms with Crippen LogP contribution in [0.3, 0.4) is 0 Å². The molecule has 0 bridgehead atoms. The van der Waals surface area contributed by atoms with E-state index in [1.54, 1.807) is 18.6 Å². The fourth-order valence-corrected chi connectivity index (χ4v) is 2.32. The fourth-order valence-electron chi connectivity index (χ4n) is 2.32. The van der Waals surface area contributed by atoms with Crippen LogP contribution < -0.4 is 10.6 Å². The first kappa shape index (κ1) is 13.6. The topological polar surface area (TPSA) is 54.0 Å². The van der Waals surface area contributed by atoms with Crippen LogP contribution in [0, 0.1) is 5.92 Å². The summed E-state index contributed by atoms with van der Waals surface area (Å²) in [7, 11) is 0. The third-order valence-electron chi connectivity index (χ3n) is 3.41. The maximum Gasteiger partial charge on any atom is 0.319 e. The first-order valence-electron chi connectivity index (χ1n) is 6.94. The first-order valence-corrected chi connectivity index (χ1v) is 6.94. The molecule has 4 heteroatoms. The molecule has 2 N–H and O–H groups in total. The smallest absolute Gasteiger partial charge is 0.319 e. The van der Waals surface area contributed by atoms with Gasteiger partial charge in [0.2, 0.25) is 0 Å². The van der Waals surface area contributed by atoms with Crippen LogP contribution in [0.5, 0.6) is 0 Å². The molecule has 2 rings (SSSR count). The van der Waals surface area contributed by atoms with Crippen molar-refractivity contribution in [2.75, 3.05) is 0 Å². The molecule has 0 aliphatic heterocycles. The van der Waals surface area contributed by atoms with E-state index < -0.39 is 0 Å². The van der Waals surface area contributed by atoms with Crippen molar-refractivity contribution < 1.29 is 4.79 Å². The SMILES string of the molecule is O=C(N/C=C/C1CCCCC1)NCc1cccnc1. The highest BCUT2D eigenvalue weighted by atomic mass is 16.2. The number of nitrogens with one attached hydrogen (secondary N) is 2. The number of carbonyl (C=O) groups is 1. The van der Waals surface area contributed by atoms with Crippen molar-refractivity contribution in [3.63, 3.8) is 0 Å². The van der Waals surface area contributed by atoms with Gasteiger partial charge >= 0.3 is 6.03 Å². The van der Waals surface area contributed by atoms with Crippen LogP contribution in [0.25, 0.3) is 0 Å². The molecule has 1 aliphatic carbocycles. The number of amides is 2. The predicted octanol–water partition coefficient (Wildman–Crippen LogP) is 2.97. The maximum absolute atomic E-state index is 11.6. The van der Waals surface area contributed by atoms with Gasteiger partial charge in [-0.3, -0.25) is 4.98 Å². The summed E-state index contributed by atoms with van der Waals surface area (Å²) in [5.41, 5.74) is 0.994. The molecule has 102 valence electrons. The first-order chi connectivity index (χ1) is 9.34. The van der Waals surface area contributed by atoms with E-state index in [1.807, 2.05) is 12.1 Å². The highest BCUT2D eigenvalue weighted by molar-refractivity contribution is 5.74. The normalized spacial score (nSPS) is 16.4. The number of allylic oxidation sites excluding steroid dienone is 1. The Kier molecular flexibility index (Phi) is 5.41. The second-order valence-electron chi connectivity index (χ2n) is 4.95. The number of aromatic nitrogens is 1. The van der Waals surface area contributed by atoms with Crippen molar-refractivity contribution in [2.24, 2.45) is 5.92 Å². The van der Waals surface area contributed by atoms with Crippen molar-refractivity contribution >= 4 is 6.03 Å². The van der Waals surface area contributed by atoms with Crippen LogP contribution >= 0.6 is 0 Å². The van der Waals surface area contributed by atoms with Gasteiger partial charge in [0.15, 0.2) is 0 Å². The molecule has 1 heterocycles. The lowest BCUT2D eigenvalue weighted by Gasteiger charge is -2.17. The van der Waals surface area contributed by atoms with Gasteiger partial charge in [0.1, 0.15) is 0 Å². The summed E-state index contributed by atoms with van der Waals surface area (Å²) in [5.74, 6) is 0.632. The van der Waals surface area contributed by atoms with Crippen molar-refractivity contribution in [3.05, 3.63) is 42.4 Å². The zero-order chi connectivity index (χ0) is 13.3. The highest BCUT2D eigenvalue weighted by Gasteiger charge is 2.09. The minimum atomic E-state index is -0.170. The van der Waals surface area contributed by atoms with Gasteiger partial charge in [0.05, 0.1) is 0 Å². The van der Waals surface area contributed by atoms with Crippen LogP contribution in [0.15, 0.2) is 36.8 Å². The van der Waals surface area contributed by atoms with Gasteiger partial charge in [-0.05, 0) is 30.4 Å². The Hall–Kier alpha value is -1.84. The Morgan fingerprint density at radius 3 is 2.95 bits per heavy atom. The molecular formula is C15H21N3O. The number of carbonyl (C=O) groups excluding carboxylic acids is 1. The summed E-state index contributed by atoms with van der Waals surface area (Å²) in [6, 6.07) is 3.62. The minimum absolute atomic E-state index is 0.170. The average molecular weight is 259 g/mol. The quantitative estimate of drug-likeness (QED) is 0.873. The summed E-state index contributed by atoms with van der Waals surface area (Å²) in [6.07, 6.45) is 13.8. The van der Waals surface area contributed by atoms with Gasteiger partial charge in [0.25, 0.3) is 0 Å². The summed E-state index contributed by atoms with van der Waals surface area (Å²) in [5, 5.41) is 5.54. The molecule has 2 amide bonds. The van der Waals surface area contributed by atoms with Gasteiger partial charge in [-0.1, -0.05) is 31.4 Å². The highest BCUT2D eigenvalue weighted by Crippen LogP contribution is 2.24. The van der Waals surface area contributed by atoms with Gasteiger partial charge in [-0.2, -0.15) is 0 Å². The van der Waals surface area contributed by atoms with Gasteiger partial charge < -0.3 is 10.6 Å². The summed E-state index contributed by atoms with van der Waals surface area (Å²) >= 11 is 0. The molecule has 0 unspecified atom stereocenters. The molecule has 4 nitrogen and oxygen atoms in total. The van der Waals surface area contributed by atoms with E-state index in [1.165, 1.54) is 32.1 Å². The van der Waals surface area contributed by atoms with E-state index in [4.69, 9.17) is 0 Å². The van der Waals surface area contributed by atoms with E-state index in [2.05, 4.69) is 21.7 Å². The number of hydrogen-bond donors (Lipinski definition) is 2. The summed E-state index contributed by atoms with van der Waals surface area (Å²) in [4.78, 5) is 15.6. The standard InChI is InChI=1S/C15H21N3O/c19-15(18-12-14-7-4-9-16-11-14)17-10-8-13-5-2-1-3-6-13/h4,7-11,13H,1-3,5-6,12H2,(H2,17,18,19)/b10-8+. The molecule has 1 aromatic heterocycles. The molecule has 0 saturated heterocycles. The Morgan fingerprint density at radius 2 is 2.21 bits per heavy atom. The lowest BCUT2D eigenvalue weighted by atomic mass is 9.89. The molecule has 1 fully saturated rings. The summed E-state index contributed by atoms with van der Waals surface area (Å²) in [6.45, 7) is 0.497. The zero-order valence-electron chi connectivity index (χ0n) is 11.1. The van der Waals surface area contributed by atoms with E-state index in [0.717, 1.165) is 5.56 Å². The minimum Gasteiger partial charge on any atom is -0.334 e. The molecule has 1 saturated carbocycles. The lowest BCUT2D eigenvalue weighted by Crippen LogP contribution is -2.31. The number of urea groups is 1. The average Bonchev–Trinajstić information content (AvgIpc) is 2.47. The van der Waals surface area contributed by atoms with Gasteiger partial charge in [-0.15, -0.1) is 0 Å². The Balaban J connectivity index is 1.65. The maximum atomic E-state index is 11.6. The van der Waals surface area contributed by atoms with E-state index >= 15 is 0 Å². The second kappa shape index (κ2) is 7.56. The van der Waals surface area contributed by atoms with Crippen molar-refractivity contribution in [1.82, 2.24) is 15.6 Å². The fraction of sp³-hybridized carbons (Fsp3) is 0.467. The Morgan fingerprint density at radius 1 is 1.37 bits per heavy atom. The third kappa shape index (κ3) is 5.12. The molecule has 0 atom stereocenters. The lowest BCUT2D eigenvalue weighted by molar-refractivity contribution is 0.243. The van der Waals surface area contributed by atoms with Crippen molar-refractivity contribution in [3.8, 4) is 0 Å². The molecule has 0 radical (unpaired) electrons. The third-order valence-corrected chi connectivity index (χ3v) is 3.41. The number of rotatable bonds is 4. The van der Waals surface area contributed by atoms with Gasteiger partial charge in [0, 0.05) is 25.1 Å². The molecule has 0 spiro atoms. The van der Waals surface area contributed by atoms with Crippen LogP contribution in [0.1, 0.15) is 37.7 Å². The Labute approximate surface area is 114 Å². The van der Waals surface area contributed by atoms with E-state index in [-0.39, 0.29) is 6.03 Å². The molecule has 0 aromatic carbocycles. The summed E-state index contributed by atoms with van der Waals surface area (Å²) < 4.78 is 0. The molecular weight excluding hydrogens is 238 g/mol. The number of nitrogens with zero attached hydrogens (tertiary/aromatic N) is 1. The monoisotopic (exact) mass is 259 g/mol.